The van der Waals surface area contributed by atoms with E-state index in [-0.39, 0.29) is 17.6 Å². The van der Waals surface area contributed by atoms with Crippen molar-refractivity contribution >= 4 is 5.91 Å². The number of ether oxygens (including phenoxy) is 3. The zero-order valence-corrected chi connectivity index (χ0v) is 14.6. The molecule has 138 valence electrons. The van der Waals surface area contributed by atoms with Gasteiger partial charge in [-0.05, 0) is 18.9 Å². The van der Waals surface area contributed by atoms with Crippen LogP contribution in [0.2, 0.25) is 0 Å². The number of nitrogens with zero attached hydrogens (tertiary/aromatic N) is 3. The van der Waals surface area contributed by atoms with Gasteiger partial charge in [-0.1, -0.05) is 0 Å². The first-order chi connectivity index (χ1) is 12.2. The molecule has 0 aliphatic carbocycles. The largest absolute Gasteiger partial charge is 0.383 e. The van der Waals surface area contributed by atoms with Gasteiger partial charge in [-0.15, -0.1) is 0 Å². The van der Waals surface area contributed by atoms with Crippen molar-refractivity contribution in [1.29, 1.82) is 0 Å². The molecule has 1 aromatic heterocycles. The Labute approximate surface area is 147 Å². The monoisotopic (exact) mass is 350 g/mol. The molecule has 25 heavy (non-hydrogen) atoms. The molecule has 0 radical (unpaired) electrons. The molecule has 0 bridgehead atoms. The van der Waals surface area contributed by atoms with Gasteiger partial charge in [0.2, 0.25) is 0 Å². The normalized spacial score (nSPS) is 27.3. The molecule has 2 saturated heterocycles. The summed E-state index contributed by atoms with van der Waals surface area (Å²) in [6.45, 7) is 5.12. The van der Waals surface area contributed by atoms with Crippen molar-refractivity contribution in [2.24, 2.45) is 0 Å². The van der Waals surface area contributed by atoms with Crippen molar-refractivity contribution in [2.75, 3.05) is 53.1 Å². The molecule has 0 aromatic carbocycles. The third kappa shape index (κ3) is 4.94. The fourth-order valence-corrected chi connectivity index (χ4v) is 3.39. The van der Waals surface area contributed by atoms with Crippen LogP contribution in [0.4, 0.5) is 0 Å². The van der Waals surface area contributed by atoms with E-state index in [1.54, 1.807) is 13.2 Å². The van der Waals surface area contributed by atoms with Gasteiger partial charge in [0.25, 0.3) is 5.91 Å². The molecule has 0 unspecified atom stereocenters. The van der Waals surface area contributed by atoms with Crippen LogP contribution in [0.25, 0.3) is 0 Å². The Balaban J connectivity index is 1.50. The first kappa shape index (κ1) is 18.2. The van der Waals surface area contributed by atoms with Crippen LogP contribution in [0.3, 0.4) is 0 Å². The standard InChI is InChI=1S/C17H26N4O4/c1-23-8-6-21-7-9-24-13-17(12-21)4-2-15(25-17)11-18-16(22)14-3-5-19-20-10-14/h3,5,10,15H,2,4,6-9,11-13H2,1H3,(H,18,22)/t15-,17-/m1/s1. The van der Waals surface area contributed by atoms with E-state index in [0.717, 1.165) is 32.5 Å². The molecule has 0 saturated carbocycles. The van der Waals surface area contributed by atoms with Crippen LogP contribution in [0, 0.1) is 0 Å². The number of hydrogen-bond donors (Lipinski definition) is 1. The number of amides is 1. The van der Waals surface area contributed by atoms with E-state index >= 15 is 0 Å². The summed E-state index contributed by atoms with van der Waals surface area (Å²) in [5, 5.41) is 10.3. The van der Waals surface area contributed by atoms with E-state index in [1.165, 1.54) is 12.4 Å². The van der Waals surface area contributed by atoms with Crippen LogP contribution in [0.15, 0.2) is 18.5 Å². The summed E-state index contributed by atoms with van der Waals surface area (Å²) in [7, 11) is 1.72. The van der Waals surface area contributed by atoms with Gasteiger partial charge in [0.15, 0.2) is 0 Å². The number of hydrogen-bond acceptors (Lipinski definition) is 7. The van der Waals surface area contributed by atoms with E-state index in [2.05, 4.69) is 20.4 Å². The summed E-state index contributed by atoms with van der Waals surface area (Å²) in [5.74, 6) is -0.154. The topological polar surface area (TPSA) is 85.8 Å². The second-order valence-corrected chi connectivity index (χ2v) is 6.62. The molecule has 1 aromatic rings. The summed E-state index contributed by atoms with van der Waals surface area (Å²) >= 11 is 0. The van der Waals surface area contributed by atoms with Crippen LogP contribution in [0.1, 0.15) is 23.2 Å². The first-order valence-corrected chi connectivity index (χ1v) is 8.72. The van der Waals surface area contributed by atoms with Gasteiger partial charge in [-0.25, -0.2) is 0 Å². The fraction of sp³-hybridized carbons (Fsp3) is 0.706. The number of aromatic nitrogens is 2. The predicted molar refractivity (Wildman–Crippen MR) is 90.3 cm³/mol. The predicted octanol–water partition coefficient (Wildman–Crippen LogP) is 0.103. The zero-order chi connectivity index (χ0) is 17.5. The lowest BCUT2D eigenvalue weighted by Gasteiger charge is -2.31. The Morgan fingerprint density at radius 3 is 3.24 bits per heavy atom. The molecule has 3 heterocycles. The highest BCUT2D eigenvalue weighted by Gasteiger charge is 2.42. The number of methoxy groups -OCH3 is 1. The molecule has 8 nitrogen and oxygen atoms in total. The molecule has 2 aliphatic rings. The number of carbonyl (C=O) groups excluding carboxylic acids is 1. The Bertz CT molecular complexity index is 559. The van der Waals surface area contributed by atoms with Gasteiger partial charge in [0, 0.05) is 33.3 Å². The van der Waals surface area contributed by atoms with Gasteiger partial charge in [-0.3, -0.25) is 9.69 Å². The highest BCUT2D eigenvalue weighted by Crippen LogP contribution is 2.32. The fourth-order valence-electron chi connectivity index (χ4n) is 3.39. The Morgan fingerprint density at radius 1 is 1.52 bits per heavy atom. The van der Waals surface area contributed by atoms with Crippen molar-refractivity contribution in [3.63, 3.8) is 0 Å². The smallest absolute Gasteiger partial charge is 0.253 e. The SMILES string of the molecule is COCCN1CCOC[C@@]2(CC[C@H](CNC(=O)c3ccnnc3)O2)C1. The van der Waals surface area contributed by atoms with E-state index in [0.29, 0.717) is 31.9 Å². The second kappa shape index (κ2) is 8.66. The molecule has 1 amide bonds. The summed E-state index contributed by atoms with van der Waals surface area (Å²) in [5.41, 5.74) is 0.226. The lowest BCUT2D eigenvalue weighted by molar-refractivity contribution is -0.0851. The van der Waals surface area contributed by atoms with Gasteiger partial charge in [-0.2, -0.15) is 10.2 Å². The quantitative estimate of drug-likeness (QED) is 0.779. The minimum absolute atomic E-state index is 0.00437. The molecular weight excluding hydrogens is 324 g/mol. The highest BCUT2D eigenvalue weighted by molar-refractivity contribution is 5.93. The number of carbonyl (C=O) groups is 1. The second-order valence-electron chi connectivity index (χ2n) is 6.62. The molecule has 2 fully saturated rings. The van der Waals surface area contributed by atoms with Crippen LogP contribution in [-0.4, -0.2) is 85.8 Å². The molecule has 3 rings (SSSR count). The summed E-state index contributed by atoms with van der Waals surface area (Å²) < 4.78 is 17.3. The maximum Gasteiger partial charge on any atom is 0.253 e. The van der Waals surface area contributed by atoms with Crippen molar-refractivity contribution < 1.29 is 19.0 Å². The van der Waals surface area contributed by atoms with Gasteiger partial charge >= 0.3 is 0 Å². The van der Waals surface area contributed by atoms with Gasteiger partial charge in [0.05, 0.1) is 43.9 Å². The molecule has 2 atom stereocenters. The summed E-state index contributed by atoms with van der Waals surface area (Å²) in [6, 6.07) is 1.64. The summed E-state index contributed by atoms with van der Waals surface area (Å²) in [6.07, 6.45) is 4.82. The molecule has 1 spiro atoms. The van der Waals surface area contributed by atoms with Crippen molar-refractivity contribution in [1.82, 2.24) is 20.4 Å². The van der Waals surface area contributed by atoms with Crippen LogP contribution < -0.4 is 5.32 Å². The molecule has 8 heteroatoms. The summed E-state index contributed by atoms with van der Waals surface area (Å²) in [4.78, 5) is 14.4. The molecular formula is C17H26N4O4. The third-order valence-electron chi connectivity index (χ3n) is 4.72. The van der Waals surface area contributed by atoms with Crippen molar-refractivity contribution in [3.8, 4) is 0 Å². The maximum absolute atomic E-state index is 12.1. The zero-order valence-electron chi connectivity index (χ0n) is 14.6. The number of nitrogens with one attached hydrogen (secondary N) is 1. The third-order valence-corrected chi connectivity index (χ3v) is 4.72. The highest BCUT2D eigenvalue weighted by atomic mass is 16.6. The van der Waals surface area contributed by atoms with E-state index < -0.39 is 0 Å². The average molecular weight is 350 g/mol. The average Bonchev–Trinajstić information content (AvgIpc) is 2.93. The van der Waals surface area contributed by atoms with Gasteiger partial charge < -0.3 is 19.5 Å². The minimum Gasteiger partial charge on any atom is -0.383 e. The Hall–Kier alpha value is -1.61. The molecule has 2 aliphatic heterocycles. The lowest BCUT2D eigenvalue weighted by atomic mass is 10.00. The minimum atomic E-state index is -0.280. The van der Waals surface area contributed by atoms with Gasteiger partial charge in [0.1, 0.15) is 5.60 Å². The van der Waals surface area contributed by atoms with Crippen molar-refractivity contribution in [2.45, 2.75) is 24.5 Å². The Kier molecular flexibility index (Phi) is 6.30. The Morgan fingerprint density at radius 2 is 2.44 bits per heavy atom. The lowest BCUT2D eigenvalue weighted by Crippen LogP contribution is -2.46. The van der Waals surface area contributed by atoms with E-state index in [9.17, 15) is 4.79 Å². The molecule has 1 N–H and O–H groups in total. The van der Waals surface area contributed by atoms with E-state index in [1.807, 2.05) is 0 Å². The first-order valence-electron chi connectivity index (χ1n) is 8.72. The number of rotatable bonds is 6. The van der Waals surface area contributed by atoms with Crippen molar-refractivity contribution in [3.05, 3.63) is 24.0 Å². The maximum atomic E-state index is 12.1. The van der Waals surface area contributed by atoms with Crippen LogP contribution in [0.5, 0.6) is 0 Å². The van der Waals surface area contributed by atoms with Crippen LogP contribution in [-0.2, 0) is 14.2 Å². The van der Waals surface area contributed by atoms with E-state index in [4.69, 9.17) is 14.2 Å². The van der Waals surface area contributed by atoms with Crippen LogP contribution >= 0.6 is 0 Å².